The van der Waals surface area contributed by atoms with Gasteiger partial charge in [0.1, 0.15) is 5.82 Å². The van der Waals surface area contributed by atoms with Gasteiger partial charge in [-0.25, -0.2) is 4.39 Å². The summed E-state index contributed by atoms with van der Waals surface area (Å²) in [6.45, 7) is 0. The van der Waals surface area contributed by atoms with E-state index >= 15 is 0 Å². The third kappa shape index (κ3) is 2.96. The van der Waals surface area contributed by atoms with Crippen LogP contribution in [-0.4, -0.2) is 6.29 Å². The van der Waals surface area contributed by atoms with E-state index in [1.807, 2.05) is 24.3 Å². The number of hydrogen-bond donors (Lipinski definition) is 0. The Balaban J connectivity index is 2.33. The largest absolute Gasteiger partial charge is 0.298 e. The van der Waals surface area contributed by atoms with E-state index in [2.05, 4.69) is 15.9 Å². The third-order valence-electron chi connectivity index (χ3n) is 2.17. The second-order valence-electron chi connectivity index (χ2n) is 3.33. The first-order valence-electron chi connectivity index (χ1n) is 4.88. The normalized spacial score (nSPS) is 10.2. The molecule has 2 rings (SSSR count). The molecule has 2 aromatic rings. The molecule has 2 aromatic carbocycles. The summed E-state index contributed by atoms with van der Waals surface area (Å²) in [5.74, 6) is -0.484. The standard InChI is InChI=1S/C13H8BrFOS/c14-9-4-6-10(7-5-9)17-13-3-1-2-12(15)11(13)8-16/h1-8H. The lowest BCUT2D eigenvalue weighted by molar-refractivity contribution is 0.111. The zero-order valence-electron chi connectivity index (χ0n) is 8.69. The van der Waals surface area contributed by atoms with Crippen LogP contribution in [0.5, 0.6) is 0 Å². The highest BCUT2D eigenvalue weighted by Gasteiger charge is 2.08. The third-order valence-corrected chi connectivity index (χ3v) is 3.78. The number of carbonyl (C=O) groups excluding carboxylic acids is 1. The quantitative estimate of drug-likeness (QED) is 0.773. The van der Waals surface area contributed by atoms with Gasteiger partial charge in [-0.15, -0.1) is 0 Å². The molecule has 86 valence electrons. The SMILES string of the molecule is O=Cc1c(F)cccc1Sc1ccc(Br)cc1. The lowest BCUT2D eigenvalue weighted by Gasteiger charge is -2.05. The summed E-state index contributed by atoms with van der Waals surface area (Å²) >= 11 is 4.71. The van der Waals surface area contributed by atoms with Crippen LogP contribution in [0.25, 0.3) is 0 Å². The minimum atomic E-state index is -0.484. The second kappa shape index (κ2) is 5.47. The maximum atomic E-state index is 13.4. The van der Waals surface area contributed by atoms with Gasteiger partial charge < -0.3 is 0 Å². The van der Waals surface area contributed by atoms with E-state index < -0.39 is 5.82 Å². The molecule has 0 radical (unpaired) electrons. The summed E-state index contributed by atoms with van der Waals surface area (Å²) in [5, 5.41) is 0. The molecule has 17 heavy (non-hydrogen) atoms. The summed E-state index contributed by atoms with van der Waals surface area (Å²) in [6, 6.07) is 12.3. The van der Waals surface area contributed by atoms with E-state index in [4.69, 9.17) is 0 Å². The molecular weight excluding hydrogens is 303 g/mol. The molecular formula is C13H8BrFOS. The van der Waals surface area contributed by atoms with Gasteiger partial charge in [0.2, 0.25) is 0 Å². The molecule has 0 N–H and O–H groups in total. The van der Waals surface area contributed by atoms with Crippen molar-refractivity contribution in [2.75, 3.05) is 0 Å². The number of hydrogen-bond acceptors (Lipinski definition) is 2. The van der Waals surface area contributed by atoms with Crippen LogP contribution < -0.4 is 0 Å². The van der Waals surface area contributed by atoms with Gasteiger partial charge in [-0.3, -0.25) is 4.79 Å². The van der Waals surface area contributed by atoms with Crippen molar-refractivity contribution in [2.45, 2.75) is 9.79 Å². The Kier molecular flexibility index (Phi) is 3.97. The average Bonchev–Trinajstić information content (AvgIpc) is 2.32. The highest BCUT2D eigenvalue weighted by Crippen LogP contribution is 2.31. The van der Waals surface area contributed by atoms with Crippen LogP contribution >= 0.6 is 27.7 Å². The van der Waals surface area contributed by atoms with Crippen molar-refractivity contribution in [3.8, 4) is 0 Å². The highest BCUT2D eigenvalue weighted by atomic mass is 79.9. The van der Waals surface area contributed by atoms with Crippen molar-refractivity contribution in [1.29, 1.82) is 0 Å². The minimum Gasteiger partial charge on any atom is -0.298 e. The van der Waals surface area contributed by atoms with Crippen molar-refractivity contribution >= 4 is 34.0 Å². The monoisotopic (exact) mass is 310 g/mol. The van der Waals surface area contributed by atoms with Gasteiger partial charge in [-0.1, -0.05) is 33.8 Å². The summed E-state index contributed by atoms with van der Waals surface area (Å²) in [5.41, 5.74) is 0.111. The molecule has 0 atom stereocenters. The van der Waals surface area contributed by atoms with Gasteiger partial charge in [0.05, 0.1) is 5.56 Å². The van der Waals surface area contributed by atoms with Crippen LogP contribution in [0.4, 0.5) is 4.39 Å². The summed E-state index contributed by atoms with van der Waals surface area (Å²) < 4.78 is 14.3. The number of rotatable bonds is 3. The van der Waals surface area contributed by atoms with E-state index in [1.54, 1.807) is 12.1 Å². The molecule has 0 aromatic heterocycles. The topological polar surface area (TPSA) is 17.1 Å². The molecule has 4 heteroatoms. The van der Waals surface area contributed by atoms with Gasteiger partial charge in [-0.2, -0.15) is 0 Å². The molecule has 1 nitrogen and oxygen atoms in total. The first kappa shape index (κ1) is 12.3. The molecule has 0 saturated heterocycles. The maximum Gasteiger partial charge on any atom is 0.154 e. The molecule has 0 aliphatic rings. The minimum absolute atomic E-state index is 0.111. The van der Waals surface area contributed by atoms with E-state index in [1.165, 1.54) is 17.8 Å². The predicted molar refractivity (Wildman–Crippen MR) is 70.1 cm³/mol. The molecule has 0 aliphatic heterocycles. The smallest absolute Gasteiger partial charge is 0.154 e. The summed E-state index contributed by atoms with van der Waals surface area (Å²) in [7, 11) is 0. The lowest BCUT2D eigenvalue weighted by atomic mass is 10.2. The Bertz CT molecular complexity index is 540. The van der Waals surface area contributed by atoms with Gasteiger partial charge >= 0.3 is 0 Å². The van der Waals surface area contributed by atoms with Crippen LogP contribution in [-0.2, 0) is 0 Å². The molecule has 0 fully saturated rings. The fourth-order valence-corrected chi connectivity index (χ4v) is 2.54. The first-order valence-corrected chi connectivity index (χ1v) is 6.49. The molecule has 0 saturated carbocycles. The Morgan fingerprint density at radius 3 is 2.47 bits per heavy atom. The fraction of sp³-hybridized carbons (Fsp3) is 0. The Hall–Kier alpha value is -1.13. The van der Waals surface area contributed by atoms with Gasteiger partial charge in [0.15, 0.2) is 6.29 Å². The maximum absolute atomic E-state index is 13.4. The molecule has 0 amide bonds. The van der Waals surface area contributed by atoms with Crippen molar-refractivity contribution in [1.82, 2.24) is 0 Å². The fourth-order valence-electron chi connectivity index (χ4n) is 1.35. The Labute approximate surface area is 111 Å². The van der Waals surface area contributed by atoms with E-state index in [0.29, 0.717) is 11.2 Å². The van der Waals surface area contributed by atoms with E-state index in [0.717, 1.165) is 9.37 Å². The first-order chi connectivity index (χ1) is 8.20. The lowest BCUT2D eigenvalue weighted by Crippen LogP contribution is -1.90. The molecule has 0 spiro atoms. The second-order valence-corrected chi connectivity index (χ2v) is 5.36. The molecule has 0 unspecified atom stereocenters. The van der Waals surface area contributed by atoms with Crippen LogP contribution in [0, 0.1) is 5.82 Å². The highest BCUT2D eigenvalue weighted by molar-refractivity contribution is 9.10. The molecule has 0 heterocycles. The number of carbonyl (C=O) groups is 1. The Morgan fingerprint density at radius 2 is 1.82 bits per heavy atom. The number of aldehydes is 1. The van der Waals surface area contributed by atoms with Crippen LogP contribution in [0.3, 0.4) is 0 Å². The average molecular weight is 311 g/mol. The molecule has 0 aliphatic carbocycles. The van der Waals surface area contributed by atoms with Gasteiger partial charge in [0, 0.05) is 14.3 Å². The summed E-state index contributed by atoms with van der Waals surface area (Å²) in [6.07, 6.45) is 0.552. The van der Waals surface area contributed by atoms with Crippen LogP contribution in [0.1, 0.15) is 10.4 Å². The zero-order chi connectivity index (χ0) is 12.3. The van der Waals surface area contributed by atoms with Crippen molar-refractivity contribution in [2.24, 2.45) is 0 Å². The van der Waals surface area contributed by atoms with Gasteiger partial charge in [0.25, 0.3) is 0 Å². The summed E-state index contributed by atoms with van der Waals surface area (Å²) in [4.78, 5) is 12.4. The van der Waals surface area contributed by atoms with Crippen LogP contribution in [0.15, 0.2) is 56.7 Å². The molecule has 0 bridgehead atoms. The number of benzene rings is 2. The predicted octanol–water partition coefficient (Wildman–Crippen LogP) is 4.55. The van der Waals surface area contributed by atoms with Crippen molar-refractivity contribution in [3.63, 3.8) is 0 Å². The van der Waals surface area contributed by atoms with Crippen LogP contribution in [0.2, 0.25) is 0 Å². The van der Waals surface area contributed by atoms with Crippen molar-refractivity contribution < 1.29 is 9.18 Å². The zero-order valence-corrected chi connectivity index (χ0v) is 11.1. The van der Waals surface area contributed by atoms with Gasteiger partial charge in [-0.05, 0) is 36.4 Å². The van der Waals surface area contributed by atoms with Crippen molar-refractivity contribution in [3.05, 3.63) is 58.3 Å². The van der Waals surface area contributed by atoms with E-state index in [9.17, 15) is 9.18 Å². The Morgan fingerprint density at radius 1 is 1.12 bits per heavy atom. The number of halogens is 2. The van der Waals surface area contributed by atoms with E-state index in [-0.39, 0.29) is 5.56 Å².